The minimum Gasteiger partial charge on any atom is -0.386 e. The van der Waals surface area contributed by atoms with E-state index in [4.69, 9.17) is 27.3 Å². The van der Waals surface area contributed by atoms with Crippen LogP contribution in [0.15, 0.2) is 84.7 Å². The lowest BCUT2D eigenvalue weighted by molar-refractivity contribution is 0.297. The highest BCUT2D eigenvalue weighted by atomic mass is 31.2. The van der Waals surface area contributed by atoms with Crippen molar-refractivity contribution in [3.63, 3.8) is 0 Å². The Morgan fingerprint density at radius 1 is 0.808 bits per heavy atom. The van der Waals surface area contributed by atoms with Crippen LogP contribution in [-0.4, -0.2) is 0 Å². The van der Waals surface area contributed by atoms with E-state index in [0.717, 1.165) is 0 Å². The van der Waals surface area contributed by atoms with E-state index in [0.29, 0.717) is 5.56 Å². The van der Waals surface area contributed by atoms with Crippen LogP contribution in [0.2, 0.25) is 0 Å². The number of rotatable bonds is 7. The van der Waals surface area contributed by atoms with Crippen molar-refractivity contribution in [3.8, 4) is 17.2 Å². The van der Waals surface area contributed by atoms with Gasteiger partial charge in [0.1, 0.15) is 17.2 Å². The van der Waals surface area contributed by atoms with Crippen LogP contribution in [-0.2, 0) is 4.57 Å². The second-order valence-corrected chi connectivity index (χ2v) is 6.76. The van der Waals surface area contributed by atoms with Gasteiger partial charge in [-0.1, -0.05) is 68.3 Å². The highest BCUT2D eigenvalue weighted by Crippen LogP contribution is 2.50. The summed E-state index contributed by atoms with van der Waals surface area (Å²) in [5.41, 5.74) is 0.548. The second kappa shape index (κ2) is 8.11. The first kappa shape index (κ1) is 9.29. The Hall–Kier alpha value is -2.71. The Balaban J connectivity index is 2.23. The monoisotopic (exact) mass is 378 g/mol. The van der Waals surface area contributed by atoms with Crippen molar-refractivity contribution < 1.29 is 31.8 Å². The number of phosphoric ester groups is 1. The predicted molar refractivity (Wildman–Crippen MR) is 103 cm³/mol. The molecule has 0 unspecified atom stereocenters. The van der Waals surface area contributed by atoms with Crippen LogP contribution in [0, 0.1) is 0 Å². The predicted octanol–water partition coefficient (Wildman–Crippen LogP) is 6.45. The lowest BCUT2D eigenvalue weighted by Gasteiger charge is -2.21. The molecule has 0 amide bonds. The molecule has 0 aliphatic heterocycles. The van der Waals surface area contributed by atoms with E-state index in [1.54, 1.807) is 18.2 Å². The van der Waals surface area contributed by atoms with E-state index >= 15 is 0 Å². The summed E-state index contributed by atoms with van der Waals surface area (Å²) in [6.45, 7) is 3.64. The van der Waals surface area contributed by atoms with Gasteiger partial charge in [-0.25, -0.2) is 0 Å². The smallest absolute Gasteiger partial charge is 0.386 e. The molecular formula is C21H21O4P. The molecule has 4 nitrogen and oxygen atoms in total. The van der Waals surface area contributed by atoms with Crippen molar-refractivity contribution in [1.29, 1.82) is 0 Å². The van der Waals surface area contributed by atoms with Crippen molar-refractivity contribution in [2.24, 2.45) is 0 Å². The molecule has 0 aromatic heterocycles. The third kappa shape index (κ3) is 4.68. The molecule has 0 spiro atoms. The molecule has 3 aromatic rings. The highest BCUT2D eigenvalue weighted by Gasteiger charge is 2.34. The molecule has 26 heavy (non-hydrogen) atoms. The zero-order valence-electron chi connectivity index (χ0n) is 24.0. The van der Waals surface area contributed by atoms with Crippen LogP contribution in [0.4, 0.5) is 0 Å². The summed E-state index contributed by atoms with van der Waals surface area (Å²) in [4.78, 5) is 0. The normalized spacial score (nSPS) is 16.6. The van der Waals surface area contributed by atoms with Crippen molar-refractivity contribution in [3.05, 3.63) is 90.3 Å². The van der Waals surface area contributed by atoms with Gasteiger partial charge in [0.25, 0.3) is 0 Å². The summed E-state index contributed by atoms with van der Waals surface area (Å²) >= 11 is 0. The fourth-order valence-corrected chi connectivity index (χ4v) is 3.16. The first-order valence-electron chi connectivity index (χ1n) is 12.6. The van der Waals surface area contributed by atoms with Gasteiger partial charge in [-0.3, -0.25) is 0 Å². The first-order valence-corrected chi connectivity index (χ1v) is 9.07. The molecule has 3 aromatic carbocycles. The van der Waals surface area contributed by atoms with Gasteiger partial charge in [0, 0.05) is 0 Å². The minimum atomic E-state index is -5.10. The van der Waals surface area contributed by atoms with Crippen LogP contribution in [0.1, 0.15) is 39.0 Å². The Labute approximate surface area is 168 Å². The van der Waals surface area contributed by atoms with Crippen molar-refractivity contribution in [1.82, 2.24) is 0 Å². The largest absolute Gasteiger partial charge is 0.647 e. The molecule has 134 valence electrons. The molecule has 0 aliphatic carbocycles. The summed E-state index contributed by atoms with van der Waals surface area (Å²) in [6.07, 6.45) is 0. The lowest BCUT2D eigenvalue weighted by atomic mass is 10.0. The molecule has 0 bridgehead atoms. The quantitative estimate of drug-likeness (QED) is 0.443. The van der Waals surface area contributed by atoms with Gasteiger partial charge < -0.3 is 13.6 Å². The Bertz CT molecular complexity index is 1260. The van der Waals surface area contributed by atoms with E-state index in [9.17, 15) is 4.57 Å². The second-order valence-electron chi connectivity index (χ2n) is 5.32. The van der Waals surface area contributed by atoms with Gasteiger partial charge in [0.05, 0.1) is 13.7 Å². The van der Waals surface area contributed by atoms with Gasteiger partial charge in [-0.2, -0.15) is 4.57 Å². The molecular weight excluding hydrogens is 347 g/mol. The maximum absolute atomic E-state index is 14.0. The topological polar surface area (TPSA) is 44.8 Å². The van der Waals surface area contributed by atoms with Crippen LogP contribution in [0.5, 0.6) is 17.2 Å². The van der Waals surface area contributed by atoms with E-state index in [-0.39, 0.29) is 11.7 Å². The molecule has 5 heteroatoms. The minimum absolute atomic E-state index is 0.00410. The van der Waals surface area contributed by atoms with E-state index in [2.05, 4.69) is 0 Å². The highest BCUT2D eigenvalue weighted by molar-refractivity contribution is 7.49. The van der Waals surface area contributed by atoms with E-state index in [1.165, 1.54) is 6.07 Å². The zero-order valence-corrected chi connectivity index (χ0v) is 14.9. The molecule has 0 saturated heterocycles. The summed E-state index contributed by atoms with van der Waals surface area (Å²) in [6, 6.07) is -1.55. The third-order valence-corrected chi connectivity index (χ3v) is 4.34. The molecule has 0 saturated carbocycles. The molecule has 0 N–H and O–H groups in total. The third-order valence-electron chi connectivity index (χ3n) is 3.11. The van der Waals surface area contributed by atoms with E-state index < -0.39 is 79.7 Å². The van der Waals surface area contributed by atoms with Crippen molar-refractivity contribution in [2.75, 3.05) is 0 Å². The van der Waals surface area contributed by atoms with Crippen molar-refractivity contribution in [2.45, 2.75) is 19.8 Å². The fourth-order valence-electron chi connectivity index (χ4n) is 2.01. The molecule has 0 radical (unpaired) electrons. The number of para-hydroxylation sites is 3. The lowest BCUT2D eigenvalue weighted by Crippen LogP contribution is -2.09. The summed E-state index contributed by atoms with van der Waals surface area (Å²) in [7, 11) is -5.10. The molecule has 0 aliphatic rings. The van der Waals surface area contributed by atoms with Gasteiger partial charge in [0.2, 0.25) is 0 Å². The van der Waals surface area contributed by atoms with E-state index in [1.807, 2.05) is 13.8 Å². The average molecular weight is 378 g/mol. The molecule has 3 rings (SSSR count). The number of benzene rings is 3. The number of hydrogen-bond donors (Lipinski definition) is 0. The molecule has 0 heterocycles. The zero-order chi connectivity index (χ0) is 27.1. The standard InChI is InChI=1S/C21H21O4P/c1-17(2)20-15-9-10-16-21(20)25-26(22,23-18-11-5-3-6-12-18)24-19-13-7-4-8-14-19/h3-17H,1-2H3/i3D,4D,5D,6D,7D,8D,11D,12D,13D,14D. The Kier molecular flexibility index (Phi) is 2.90. The SMILES string of the molecule is [2H]c1c([2H])c([2H])c(OP(=O)(Oc2ccccc2C(C)C)Oc2c([2H])c([2H])c([2H])c([2H])c2[2H])c([2H])c1[2H]. The Morgan fingerprint density at radius 3 is 1.81 bits per heavy atom. The molecule has 0 atom stereocenters. The fraction of sp³-hybridized carbons (Fsp3) is 0.143. The summed E-state index contributed by atoms with van der Waals surface area (Å²) in [5, 5.41) is 0. The van der Waals surface area contributed by atoms with Crippen LogP contribution in [0.3, 0.4) is 0 Å². The Morgan fingerprint density at radius 2 is 1.31 bits per heavy atom. The van der Waals surface area contributed by atoms with Gasteiger partial charge in [-0.05, 0) is 41.7 Å². The first-order chi connectivity index (χ1) is 16.7. The maximum atomic E-state index is 14.0. The average Bonchev–Trinajstić information content (AvgIpc) is 2.84. The summed E-state index contributed by atoms with van der Waals surface area (Å²) in [5.74, 6) is -1.87. The van der Waals surface area contributed by atoms with Crippen LogP contribution >= 0.6 is 7.82 Å². The maximum Gasteiger partial charge on any atom is 0.647 e. The molecule has 0 fully saturated rings. The van der Waals surface area contributed by atoms with Gasteiger partial charge in [-0.15, -0.1) is 0 Å². The van der Waals surface area contributed by atoms with Crippen molar-refractivity contribution >= 4 is 7.82 Å². The van der Waals surface area contributed by atoms with Gasteiger partial charge in [0.15, 0.2) is 0 Å². The number of hydrogen-bond acceptors (Lipinski definition) is 4. The van der Waals surface area contributed by atoms with Crippen LogP contribution < -0.4 is 13.6 Å². The number of phosphoric acid groups is 1. The van der Waals surface area contributed by atoms with Gasteiger partial charge >= 0.3 is 7.82 Å². The summed E-state index contributed by atoms with van der Waals surface area (Å²) < 4.78 is 109. The van der Waals surface area contributed by atoms with Crippen LogP contribution in [0.25, 0.3) is 0 Å².